The molecular formula is C24H27N3O. The van der Waals surface area contributed by atoms with Gasteiger partial charge in [0.1, 0.15) is 5.69 Å². The third-order valence-corrected chi connectivity index (χ3v) is 5.60. The van der Waals surface area contributed by atoms with Crippen LogP contribution in [-0.4, -0.2) is 53.4 Å². The quantitative estimate of drug-likeness (QED) is 0.742. The van der Waals surface area contributed by atoms with Crippen molar-refractivity contribution in [3.05, 3.63) is 95.3 Å². The van der Waals surface area contributed by atoms with Crippen molar-refractivity contribution in [2.45, 2.75) is 18.9 Å². The molecule has 1 saturated heterocycles. The zero-order valence-electron chi connectivity index (χ0n) is 16.3. The molecule has 0 aliphatic carbocycles. The van der Waals surface area contributed by atoms with Gasteiger partial charge in [0, 0.05) is 31.9 Å². The van der Waals surface area contributed by atoms with Gasteiger partial charge in [-0.1, -0.05) is 60.7 Å². The van der Waals surface area contributed by atoms with E-state index in [0.717, 1.165) is 38.0 Å². The largest absolute Gasteiger partial charge is 0.357 e. The van der Waals surface area contributed by atoms with E-state index in [1.54, 1.807) is 0 Å². The molecule has 1 aliphatic heterocycles. The molecule has 0 bridgehead atoms. The van der Waals surface area contributed by atoms with Gasteiger partial charge < -0.3 is 9.88 Å². The van der Waals surface area contributed by atoms with E-state index >= 15 is 0 Å². The van der Waals surface area contributed by atoms with Crippen LogP contribution in [0.4, 0.5) is 0 Å². The number of carbonyl (C=O) groups is 1. The highest BCUT2D eigenvalue weighted by Gasteiger charge is 2.28. The predicted octanol–water partition coefficient (Wildman–Crippen LogP) is 3.60. The summed E-state index contributed by atoms with van der Waals surface area (Å²) < 4.78 is 0. The van der Waals surface area contributed by atoms with Gasteiger partial charge in [-0.15, -0.1) is 0 Å². The average Bonchev–Trinajstić information content (AvgIpc) is 3.19. The zero-order valence-corrected chi connectivity index (χ0v) is 16.3. The molecule has 1 atom stereocenters. The van der Waals surface area contributed by atoms with Crippen molar-refractivity contribution < 1.29 is 4.79 Å². The Hall–Kier alpha value is -2.85. The van der Waals surface area contributed by atoms with Gasteiger partial charge in [0.2, 0.25) is 0 Å². The van der Waals surface area contributed by atoms with Crippen LogP contribution in [0, 0.1) is 0 Å². The number of likely N-dealkylation sites (N-methyl/N-ethyl adjacent to an activating group) is 1. The van der Waals surface area contributed by atoms with Crippen molar-refractivity contribution in [2.75, 3.05) is 26.7 Å². The molecule has 2 heterocycles. The first-order valence-electron chi connectivity index (χ1n) is 9.94. The van der Waals surface area contributed by atoms with E-state index in [1.807, 2.05) is 41.4 Å². The molecule has 3 aromatic rings. The fourth-order valence-corrected chi connectivity index (χ4v) is 3.90. The Balaban J connectivity index is 1.41. The lowest BCUT2D eigenvalue weighted by molar-refractivity contribution is 0.0543. The molecule has 1 fully saturated rings. The summed E-state index contributed by atoms with van der Waals surface area (Å²) in [5.74, 6) is 0.102. The van der Waals surface area contributed by atoms with Crippen molar-refractivity contribution in [3.63, 3.8) is 0 Å². The van der Waals surface area contributed by atoms with E-state index in [4.69, 9.17) is 0 Å². The Bertz CT molecular complexity index is 904. The number of nitrogens with zero attached hydrogens (tertiary/aromatic N) is 2. The van der Waals surface area contributed by atoms with E-state index < -0.39 is 0 Å². The van der Waals surface area contributed by atoms with Gasteiger partial charge in [-0.05, 0) is 42.6 Å². The number of hydrogen-bond acceptors (Lipinski definition) is 2. The van der Waals surface area contributed by atoms with Gasteiger partial charge in [0.15, 0.2) is 0 Å². The molecule has 0 radical (unpaired) electrons. The zero-order chi connectivity index (χ0) is 19.3. The lowest BCUT2D eigenvalue weighted by Gasteiger charge is -2.39. The highest BCUT2D eigenvalue weighted by molar-refractivity contribution is 5.92. The summed E-state index contributed by atoms with van der Waals surface area (Å²) in [4.78, 5) is 20.6. The van der Waals surface area contributed by atoms with Crippen LogP contribution < -0.4 is 0 Å². The van der Waals surface area contributed by atoms with Crippen LogP contribution in [0.1, 0.15) is 27.2 Å². The first-order chi connectivity index (χ1) is 13.7. The highest BCUT2D eigenvalue weighted by atomic mass is 16.2. The fraction of sp³-hybridized carbons (Fsp3) is 0.292. The number of rotatable bonds is 5. The van der Waals surface area contributed by atoms with Crippen LogP contribution in [0.3, 0.4) is 0 Å². The van der Waals surface area contributed by atoms with Crippen LogP contribution in [-0.2, 0) is 12.8 Å². The Labute approximate surface area is 166 Å². The third-order valence-electron chi connectivity index (χ3n) is 5.60. The second kappa shape index (κ2) is 8.44. The standard InChI is InChI=1S/C24H27N3O/c1-26-12-13-27(18-22(26)15-20-10-6-3-7-11-20)24(28)23-16-21(17-25-23)14-19-8-4-2-5-9-19/h2-11,16-17,22,25H,12-15,18H2,1H3. The molecule has 1 aliphatic rings. The van der Waals surface area contributed by atoms with Gasteiger partial charge in [-0.2, -0.15) is 0 Å². The Morgan fingerprint density at radius 2 is 1.64 bits per heavy atom. The number of piperazine rings is 1. The second-order valence-corrected chi connectivity index (χ2v) is 7.66. The van der Waals surface area contributed by atoms with E-state index in [-0.39, 0.29) is 5.91 Å². The van der Waals surface area contributed by atoms with Gasteiger partial charge >= 0.3 is 0 Å². The maximum absolute atomic E-state index is 13.0. The molecule has 4 heteroatoms. The number of carbonyl (C=O) groups excluding carboxylic acids is 1. The van der Waals surface area contributed by atoms with Crippen LogP contribution in [0.2, 0.25) is 0 Å². The molecule has 144 valence electrons. The number of aromatic amines is 1. The van der Waals surface area contributed by atoms with Crippen molar-refractivity contribution in [1.82, 2.24) is 14.8 Å². The number of hydrogen-bond donors (Lipinski definition) is 1. The van der Waals surface area contributed by atoms with Gasteiger partial charge in [-0.25, -0.2) is 0 Å². The summed E-state index contributed by atoms with van der Waals surface area (Å²) in [6.45, 7) is 2.44. The Morgan fingerprint density at radius 1 is 0.964 bits per heavy atom. The topological polar surface area (TPSA) is 39.3 Å². The molecule has 1 amide bonds. The minimum absolute atomic E-state index is 0.102. The minimum Gasteiger partial charge on any atom is -0.357 e. The highest BCUT2D eigenvalue weighted by Crippen LogP contribution is 2.17. The molecule has 2 aromatic carbocycles. The molecule has 1 N–H and O–H groups in total. The lowest BCUT2D eigenvalue weighted by Crippen LogP contribution is -2.54. The lowest BCUT2D eigenvalue weighted by atomic mass is 10.0. The smallest absolute Gasteiger partial charge is 0.270 e. The van der Waals surface area contributed by atoms with Crippen LogP contribution in [0.5, 0.6) is 0 Å². The maximum atomic E-state index is 13.0. The number of amides is 1. The van der Waals surface area contributed by atoms with Crippen molar-refractivity contribution in [1.29, 1.82) is 0 Å². The van der Waals surface area contributed by atoms with E-state index in [1.165, 1.54) is 11.1 Å². The van der Waals surface area contributed by atoms with E-state index in [9.17, 15) is 4.79 Å². The SMILES string of the molecule is CN1CCN(C(=O)c2cc(Cc3ccccc3)c[nH]2)CC1Cc1ccccc1. The second-order valence-electron chi connectivity index (χ2n) is 7.66. The summed E-state index contributed by atoms with van der Waals surface area (Å²) in [6, 6.07) is 23.2. The van der Waals surface area contributed by atoms with E-state index in [0.29, 0.717) is 11.7 Å². The molecule has 1 unspecified atom stereocenters. The van der Waals surface area contributed by atoms with Crippen LogP contribution in [0.15, 0.2) is 72.9 Å². The summed E-state index contributed by atoms with van der Waals surface area (Å²) in [7, 11) is 2.15. The molecular weight excluding hydrogens is 346 g/mol. The molecule has 4 nitrogen and oxygen atoms in total. The van der Waals surface area contributed by atoms with Crippen molar-refractivity contribution in [2.24, 2.45) is 0 Å². The number of benzene rings is 2. The third kappa shape index (κ3) is 4.34. The van der Waals surface area contributed by atoms with Gasteiger partial charge in [0.05, 0.1) is 0 Å². The van der Waals surface area contributed by atoms with E-state index in [2.05, 4.69) is 53.3 Å². The molecule has 0 saturated carbocycles. The van der Waals surface area contributed by atoms with Crippen LogP contribution >= 0.6 is 0 Å². The van der Waals surface area contributed by atoms with Crippen molar-refractivity contribution >= 4 is 5.91 Å². The summed E-state index contributed by atoms with van der Waals surface area (Å²) in [5, 5.41) is 0. The summed E-state index contributed by atoms with van der Waals surface area (Å²) in [5.41, 5.74) is 4.40. The van der Waals surface area contributed by atoms with Gasteiger partial charge in [0.25, 0.3) is 5.91 Å². The summed E-state index contributed by atoms with van der Waals surface area (Å²) >= 11 is 0. The number of nitrogens with one attached hydrogen (secondary N) is 1. The summed E-state index contributed by atoms with van der Waals surface area (Å²) in [6.07, 6.45) is 3.76. The molecule has 0 spiro atoms. The van der Waals surface area contributed by atoms with Gasteiger partial charge in [-0.3, -0.25) is 9.69 Å². The fourth-order valence-electron chi connectivity index (χ4n) is 3.90. The molecule has 1 aromatic heterocycles. The number of aromatic nitrogens is 1. The predicted molar refractivity (Wildman–Crippen MR) is 113 cm³/mol. The molecule has 28 heavy (non-hydrogen) atoms. The minimum atomic E-state index is 0.102. The Morgan fingerprint density at radius 3 is 2.36 bits per heavy atom. The average molecular weight is 374 g/mol. The normalized spacial score (nSPS) is 17.6. The first-order valence-corrected chi connectivity index (χ1v) is 9.94. The van der Waals surface area contributed by atoms with Crippen molar-refractivity contribution in [3.8, 4) is 0 Å². The maximum Gasteiger partial charge on any atom is 0.270 e. The number of H-pyrrole nitrogens is 1. The monoisotopic (exact) mass is 373 g/mol. The molecule has 4 rings (SSSR count). The first kappa shape index (κ1) is 18.5. The van der Waals surface area contributed by atoms with Crippen LogP contribution in [0.25, 0.3) is 0 Å². The Kier molecular flexibility index (Phi) is 5.58.